The molecule has 2 atom stereocenters. The van der Waals surface area contributed by atoms with Crippen LogP contribution in [0.4, 0.5) is 0 Å². The molecule has 26 heavy (non-hydrogen) atoms. The lowest BCUT2D eigenvalue weighted by atomic mass is 10.1. The Morgan fingerprint density at radius 2 is 2.15 bits per heavy atom. The van der Waals surface area contributed by atoms with Crippen LogP contribution < -0.4 is 15.4 Å². The van der Waals surface area contributed by atoms with Crippen LogP contribution in [0.1, 0.15) is 25.8 Å². The first-order chi connectivity index (χ1) is 12.1. The van der Waals surface area contributed by atoms with Crippen molar-refractivity contribution in [1.29, 1.82) is 0 Å². The van der Waals surface area contributed by atoms with E-state index in [0.29, 0.717) is 6.54 Å². The Morgan fingerprint density at radius 1 is 1.38 bits per heavy atom. The van der Waals surface area contributed by atoms with E-state index >= 15 is 0 Å². The molecule has 0 radical (unpaired) electrons. The molecule has 1 aromatic rings. The molecule has 3 rings (SSSR count). The molecule has 2 aliphatic rings. The summed E-state index contributed by atoms with van der Waals surface area (Å²) < 4.78 is 5.95. The highest BCUT2D eigenvalue weighted by atomic mass is 127. The highest BCUT2D eigenvalue weighted by molar-refractivity contribution is 14.0. The summed E-state index contributed by atoms with van der Waals surface area (Å²) in [5.74, 6) is 2.03. The Hall–Kier alpha value is -1.51. The second kappa shape index (κ2) is 9.43. The number of rotatable bonds is 4. The van der Waals surface area contributed by atoms with Crippen molar-refractivity contribution in [3.63, 3.8) is 0 Å². The van der Waals surface area contributed by atoms with Crippen LogP contribution in [0.15, 0.2) is 29.3 Å². The maximum atomic E-state index is 12.1. The Bertz CT molecular complexity index is 625. The summed E-state index contributed by atoms with van der Waals surface area (Å²) >= 11 is 0. The fourth-order valence-corrected chi connectivity index (χ4v) is 3.41. The summed E-state index contributed by atoms with van der Waals surface area (Å²) in [6.07, 6.45) is 1.99. The molecule has 2 aliphatic heterocycles. The number of amides is 1. The van der Waals surface area contributed by atoms with Gasteiger partial charge in [-0.15, -0.1) is 24.0 Å². The molecule has 1 saturated heterocycles. The minimum absolute atomic E-state index is 0. The van der Waals surface area contributed by atoms with Gasteiger partial charge in [0.05, 0.1) is 6.54 Å². The summed E-state index contributed by atoms with van der Waals surface area (Å²) in [6, 6.07) is 8.42. The van der Waals surface area contributed by atoms with Crippen molar-refractivity contribution in [2.24, 2.45) is 10.9 Å². The molecule has 7 heteroatoms. The number of likely N-dealkylation sites (tertiary alicyclic amines) is 1. The summed E-state index contributed by atoms with van der Waals surface area (Å²) in [6.45, 7) is 6.15. The standard InChI is InChI=1S/C19H28N4O2.HI/c1-13(2)18(24)23-9-8-15(12-23)22-19(20-3)21-11-16-10-14-6-4-5-7-17(14)25-16;/h4-7,13,15-16H,8-12H2,1-3H3,(H2,20,21,22);1H. The Balaban J connectivity index is 0.00000243. The molecule has 2 heterocycles. The monoisotopic (exact) mass is 472 g/mol. The molecule has 0 saturated carbocycles. The van der Waals surface area contributed by atoms with Gasteiger partial charge in [0.2, 0.25) is 5.91 Å². The van der Waals surface area contributed by atoms with E-state index < -0.39 is 0 Å². The lowest BCUT2D eigenvalue weighted by Crippen LogP contribution is -2.47. The number of aliphatic imine (C=N–C) groups is 1. The molecule has 0 aliphatic carbocycles. The van der Waals surface area contributed by atoms with Gasteiger partial charge in [-0.3, -0.25) is 9.79 Å². The third-order valence-corrected chi connectivity index (χ3v) is 4.77. The number of fused-ring (bicyclic) bond motifs is 1. The van der Waals surface area contributed by atoms with Crippen LogP contribution in [0.5, 0.6) is 5.75 Å². The largest absolute Gasteiger partial charge is 0.488 e. The second-order valence-electron chi connectivity index (χ2n) is 7.07. The topological polar surface area (TPSA) is 66.0 Å². The molecule has 1 amide bonds. The fourth-order valence-electron chi connectivity index (χ4n) is 3.41. The van der Waals surface area contributed by atoms with Crippen molar-refractivity contribution >= 4 is 35.8 Å². The number of benzene rings is 1. The van der Waals surface area contributed by atoms with E-state index in [4.69, 9.17) is 4.74 Å². The van der Waals surface area contributed by atoms with Crippen LogP contribution >= 0.6 is 24.0 Å². The highest BCUT2D eigenvalue weighted by Crippen LogP contribution is 2.27. The van der Waals surface area contributed by atoms with Crippen LogP contribution in [-0.4, -0.2) is 55.6 Å². The Labute approximate surface area is 172 Å². The lowest BCUT2D eigenvalue weighted by molar-refractivity contribution is -0.133. The smallest absolute Gasteiger partial charge is 0.225 e. The molecule has 0 spiro atoms. The summed E-state index contributed by atoms with van der Waals surface area (Å²) in [7, 11) is 1.77. The van der Waals surface area contributed by atoms with Crippen molar-refractivity contribution in [3.8, 4) is 5.75 Å². The van der Waals surface area contributed by atoms with Gasteiger partial charge in [0.1, 0.15) is 11.9 Å². The minimum atomic E-state index is 0. The van der Waals surface area contributed by atoms with E-state index in [1.807, 2.05) is 36.9 Å². The van der Waals surface area contributed by atoms with Gasteiger partial charge in [-0.05, 0) is 18.1 Å². The van der Waals surface area contributed by atoms with Gasteiger partial charge < -0.3 is 20.3 Å². The normalized spacial score (nSPS) is 21.8. The van der Waals surface area contributed by atoms with Gasteiger partial charge in [-0.25, -0.2) is 0 Å². The first-order valence-electron chi connectivity index (χ1n) is 9.07. The molecule has 1 aromatic carbocycles. The maximum Gasteiger partial charge on any atom is 0.225 e. The number of nitrogens with one attached hydrogen (secondary N) is 2. The average Bonchev–Trinajstić information content (AvgIpc) is 3.24. The maximum absolute atomic E-state index is 12.1. The van der Waals surface area contributed by atoms with Crippen LogP contribution in [0, 0.1) is 5.92 Å². The van der Waals surface area contributed by atoms with E-state index in [1.165, 1.54) is 5.56 Å². The SMILES string of the molecule is CN=C(NCC1Cc2ccccc2O1)NC1CCN(C(=O)C(C)C)C1.I. The van der Waals surface area contributed by atoms with E-state index in [2.05, 4.69) is 21.7 Å². The number of hydrogen-bond acceptors (Lipinski definition) is 3. The first kappa shape index (κ1) is 20.8. The van der Waals surface area contributed by atoms with E-state index in [9.17, 15) is 4.79 Å². The molecule has 1 fully saturated rings. The number of ether oxygens (including phenoxy) is 1. The summed E-state index contributed by atoms with van der Waals surface area (Å²) in [5, 5.41) is 6.77. The lowest BCUT2D eigenvalue weighted by Gasteiger charge is -2.21. The molecular formula is C19H29IN4O2. The first-order valence-corrected chi connectivity index (χ1v) is 9.07. The number of halogens is 1. The minimum Gasteiger partial charge on any atom is -0.488 e. The van der Waals surface area contributed by atoms with Crippen molar-refractivity contribution < 1.29 is 9.53 Å². The zero-order valence-electron chi connectivity index (χ0n) is 15.7. The van der Waals surface area contributed by atoms with Crippen molar-refractivity contribution in [1.82, 2.24) is 15.5 Å². The van der Waals surface area contributed by atoms with E-state index in [-0.39, 0.29) is 47.9 Å². The Morgan fingerprint density at radius 3 is 2.85 bits per heavy atom. The molecule has 2 N–H and O–H groups in total. The van der Waals surface area contributed by atoms with Crippen LogP contribution in [0.3, 0.4) is 0 Å². The van der Waals surface area contributed by atoms with Gasteiger partial charge in [-0.1, -0.05) is 32.0 Å². The zero-order chi connectivity index (χ0) is 17.8. The average molecular weight is 472 g/mol. The second-order valence-corrected chi connectivity index (χ2v) is 7.07. The van der Waals surface area contributed by atoms with E-state index in [1.54, 1.807) is 7.05 Å². The molecule has 2 unspecified atom stereocenters. The quantitative estimate of drug-likeness (QED) is 0.400. The third kappa shape index (κ3) is 5.02. The number of hydrogen-bond donors (Lipinski definition) is 2. The van der Waals surface area contributed by atoms with E-state index in [0.717, 1.165) is 37.6 Å². The number of nitrogens with zero attached hydrogens (tertiary/aromatic N) is 2. The number of guanidine groups is 1. The molecule has 6 nitrogen and oxygen atoms in total. The molecule has 0 aromatic heterocycles. The van der Waals surface area contributed by atoms with Gasteiger partial charge in [0, 0.05) is 38.5 Å². The zero-order valence-corrected chi connectivity index (χ0v) is 18.0. The number of para-hydroxylation sites is 1. The molecule has 144 valence electrons. The number of carbonyl (C=O) groups is 1. The van der Waals surface area contributed by atoms with Crippen molar-refractivity contribution in [3.05, 3.63) is 29.8 Å². The summed E-state index contributed by atoms with van der Waals surface area (Å²) in [5.41, 5.74) is 1.26. The Kier molecular flexibility index (Phi) is 7.55. The molecular weight excluding hydrogens is 443 g/mol. The summed E-state index contributed by atoms with van der Waals surface area (Å²) in [4.78, 5) is 18.3. The van der Waals surface area contributed by atoms with Gasteiger partial charge in [0.25, 0.3) is 0 Å². The highest BCUT2D eigenvalue weighted by Gasteiger charge is 2.28. The van der Waals surface area contributed by atoms with Gasteiger partial charge in [0.15, 0.2) is 5.96 Å². The van der Waals surface area contributed by atoms with Crippen molar-refractivity contribution in [2.45, 2.75) is 38.8 Å². The molecule has 0 bridgehead atoms. The van der Waals surface area contributed by atoms with Crippen LogP contribution in [0.25, 0.3) is 0 Å². The number of carbonyl (C=O) groups excluding carboxylic acids is 1. The van der Waals surface area contributed by atoms with Crippen LogP contribution in [0.2, 0.25) is 0 Å². The van der Waals surface area contributed by atoms with Gasteiger partial charge in [-0.2, -0.15) is 0 Å². The predicted octanol–water partition coefficient (Wildman–Crippen LogP) is 2.03. The van der Waals surface area contributed by atoms with Crippen molar-refractivity contribution in [2.75, 3.05) is 26.7 Å². The predicted molar refractivity (Wildman–Crippen MR) is 114 cm³/mol. The third-order valence-electron chi connectivity index (χ3n) is 4.77. The fraction of sp³-hybridized carbons (Fsp3) is 0.579. The van der Waals surface area contributed by atoms with Gasteiger partial charge >= 0.3 is 0 Å². The van der Waals surface area contributed by atoms with Crippen LogP contribution in [-0.2, 0) is 11.2 Å².